The second-order valence-electron chi connectivity index (χ2n) is 5.92. The second-order valence-corrected chi connectivity index (χ2v) is 6.84. The number of likely N-dealkylation sites (N-methyl/N-ethyl adjacent to an activating group) is 1. The van der Waals surface area contributed by atoms with E-state index in [1.165, 1.54) is 5.69 Å². The van der Waals surface area contributed by atoms with Crippen LogP contribution in [0.15, 0.2) is 47.1 Å². The van der Waals surface area contributed by atoms with Crippen LogP contribution in [0.1, 0.15) is 0 Å². The van der Waals surface area contributed by atoms with E-state index in [1.807, 2.05) is 18.3 Å². The third-order valence-electron chi connectivity index (χ3n) is 4.29. The van der Waals surface area contributed by atoms with Crippen LogP contribution in [-0.4, -0.2) is 52.7 Å². The van der Waals surface area contributed by atoms with Crippen molar-refractivity contribution in [3.05, 3.63) is 47.1 Å². The minimum Gasteiger partial charge on any atom is -0.369 e. The number of nitrogens with zero attached hydrogens (tertiary/aromatic N) is 5. The van der Waals surface area contributed by atoms with Gasteiger partial charge in [-0.25, -0.2) is 9.50 Å². The van der Waals surface area contributed by atoms with Crippen molar-refractivity contribution >= 4 is 27.3 Å². The highest BCUT2D eigenvalue weighted by atomic mass is 79.9. The molecule has 0 spiro atoms. The lowest BCUT2D eigenvalue weighted by atomic mass is 10.1. The molecule has 1 aliphatic rings. The molecular weight excluding hydrogens is 354 g/mol. The molecule has 0 N–H and O–H groups in total. The maximum Gasteiger partial charge on any atom is 0.182 e. The van der Waals surface area contributed by atoms with E-state index in [2.05, 4.69) is 67.1 Å². The molecule has 1 aromatic carbocycles. The van der Waals surface area contributed by atoms with Gasteiger partial charge in [0.25, 0.3) is 0 Å². The highest BCUT2D eigenvalue weighted by molar-refractivity contribution is 9.10. The normalized spacial score (nSPS) is 16.2. The molecule has 0 bridgehead atoms. The number of fused-ring (bicyclic) bond motifs is 1. The van der Waals surface area contributed by atoms with Gasteiger partial charge in [-0.2, -0.15) is 0 Å². The third-order valence-corrected chi connectivity index (χ3v) is 4.76. The summed E-state index contributed by atoms with van der Waals surface area (Å²) in [6, 6.07) is 12.5. The molecule has 23 heavy (non-hydrogen) atoms. The average Bonchev–Trinajstić information content (AvgIpc) is 2.99. The number of rotatable bonds is 2. The summed E-state index contributed by atoms with van der Waals surface area (Å²) in [5, 5.41) is 4.55. The molecule has 1 fully saturated rings. The number of benzene rings is 1. The average molecular weight is 372 g/mol. The van der Waals surface area contributed by atoms with Gasteiger partial charge in [0.05, 0.1) is 0 Å². The topological polar surface area (TPSA) is 36.7 Å². The fourth-order valence-corrected chi connectivity index (χ4v) is 3.19. The Kier molecular flexibility index (Phi) is 3.79. The predicted molar refractivity (Wildman–Crippen MR) is 95.8 cm³/mol. The van der Waals surface area contributed by atoms with Crippen LogP contribution in [0.2, 0.25) is 0 Å². The van der Waals surface area contributed by atoms with Gasteiger partial charge in [0.1, 0.15) is 0 Å². The summed E-state index contributed by atoms with van der Waals surface area (Å²) in [6.07, 6.45) is 1.92. The summed E-state index contributed by atoms with van der Waals surface area (Å²) < 4.78 is 2.79. The molecule has 4 rings (SSSR count). The molecular formula is C17H18BrN5. The van der Waals surface area contributed by atoms with Crippen molar-refractivity contribution in [3.8, 4) is 11.4 Å². The molecule has 5 nitrogen and oxygen atoms in total. The minimum absolute atomic E-state index is 0.757. The summed E-state index contributed by atoms with van der Waals surface area (Å²) in [5.74, 6) is 0.757. The van der Waals surface area contributed by atoms with Crippen LogP contribution in [-0.2, 0) is 0 Å². The molecule has 0 unspecified atom stereocenters. The van der Waals surface area contributed by atoms with Crippen LogP contribution in [0.3, 0.4) is 0 Å². The molecule has 3 heterocycles. The Bertz CT molecular complexity index is 819. The lowest BCUT2D eigenvalue weighted by Crippen LogP contribution is -2.44. The summed E-state index contributed by atoms with van der Waals surface area (Å²) in [7, 11) is 2.17. The third kappa shape index (κ3) is 2.96. The van der Waals surface area contributed by atoms with E-state index in [1.54, 1.807) is 4.52 Å². The first-order valence-corrected chi connectivity index (χ1v) is 8.54. The van der Waals surface area contributed by atoms with Crippen LogP contribution >= 0.6 is 15.9 Å². The van der Waals surface area contributed by atoms with Gasteiger partial charge in [0.2, 0.25) is 0 Å². The molecule has 2 aromatic heterocycles. The van der Waals surface area contributed by atoms with Crippen molar-refractivity contribution < 1.29 is 0 Å². The molecule has 0 radical (unpaired) electrons. The quantitative estimate of drug-likeness (QED) is 0.693. The van der Waals surface area contributed by atoms with E-state index in [4.69, 9.17) is 0 Å². The Morgan fingerprint density at radius 3 is 2.43 bits per heavy atom. The first-order chi connectivity index (χ1) is 11.2. The summed E-state index contributed by atoms with van der Waals surface area (Å²) in [6.45, 7) is 4.39. The van der Waals surface area contributed by atoms with Crippen molar-refractivity contribution in [2.75, 3.05) is 38.1 Å². The lowest BCUT2D eigenvalue weighted by molar-refractivity contribution is 0.313. The lowest BCUT2D eigenvalue weighted by Gasteiger charge is -2.34. The van der Waals surface area contributed by atoms with Gasteiger partial charge in [-0.3, -0.25) is 0 Å². The molecule has 118 valence electrons. The molecule has 0 atom stereocenters. The molecule has 0 aliphatic carbocycles. The van der Waals surface area contributed by atoms with Crippen molar-refractivity contribution in [1.29, 1.82) is 0 Å². The van der Waals surface area contributed by atoms with E-state index < -0.39 is 0 Å². The molecule has 1 aliphatic heterocycles. The van der Waals surface area contributed by atoms with Gasteiger partial charge >= 0.3 is 0 Å². The Hall–Kier alpha value is -1.92. The van der Waals surface area contributed by atoms with Gasteiger partial charge in [0, 0.05) is 48.1 Å². The molecule has 3 aromatic rings. The molecule has 1 saturated heterocycles. The largest absolute Gasteiger partial charge is 0.369 e. The Balaban J connectivity index is 1.59. The first kappa shape index (κ1) is 14.7. The van der Waals surface area contributed by atoms with Gasteiger partial charge in [-0.15, -0.1) is 5.10 Å². The Morgan fingerprint density at radius 1 is 0.957 bits per heavy atom. The van der Waals surface area contributed by atoms with E-state index in [0.29, 0.717) is 0 Å². The zero-order valence-corrected chi connectivity index (χ0v) is 14.6. The van der Waals surface area contributed by atoms with Crippen LogP contribution in [0.4, 0.5) is 5.69 Å². The van der Waals surface area contributed by atoms with Crippen molar-refractivity contribution in [3.63, 3.8) is 0 Å². The number of hydrogen-bond acceptors (Lipinski definition) is 4. The highest BCUT2D eigenvalue weighted by Gasteiger charge is 2.14. The van der Waals surface area contributed by atoms with Gasteiger partial charge in [0.15, 0.2) is 11.5 Å². The fraction of sp³-hybridized carbons (Fsp3) is 0.294. The number of halogens is 1. The number of piperazine rings is 1. The molecule has 0 saturated carbocycles. The first-order valence-electron chi connectivity index (χ1n) is 7.75. The van der Waals surface area contributed by atoms with Crippen LogP contribution in [0.25, 0.3) is 17.0 Å². The smallest absolute Gasteiger partial charge is 0.182 e. The minimum atomic E-state index is 0.757. The summed E-state index contributed by atoms with van der Waals surface area (Å²) in [5.41, 5.74) is 3.17. The molecule has 0 amide bonds. The van der Waals surface area contributed by atoms with Crippen molar-refractivity contribution in [2.45, 2.75) is 0 Å². The Labute approximate surface area is 143 Å². The monoisotopic (exact) mass is 371 g/mol. The zero-order valence-electron chi connectivity index (χ0n) is 13.0. The second kappa shape index (κ2) is 5.94. The van der Waals surface area contributed by atoms with Gasteiger partial charge < -0.3 is 9.80 Å². The predicted octanol–water partition coefficient (Wildman–Crippen LogP) is 2.91. The van der Waals surface area contributed by atoms with Gasteiger partial charge in [-0.05, 0) is 59.4 Å². The number of anilines is 1. The molecule has 6 heteroatoms. The number of aromatic nitrogens is 3. The van der Waals surface area contributed by atoms with E-state index in [9.17, 15) is 0 Å². The van der Waals surface area contributed by atoms with Crippen LogP contribution in [0.5, 0.6) is 0 Å². The number of pyridine rings is 1. The van der Waals surface area contributed by atoms with Gasteiger partial charge in [-0.1, -0.05) is 0 Å². The standard InChI is InChI=1S/C17H18BrN5/c1-21-8-10-22(11-9-21)15-5-2-13(3-6-15)17-19-16-7-4-14(18)12-23(16)20-17/h2-7,12H,8-11H2,1H3. The van der Waals surface area contributed by atoms with E-state index in [0.717, 1.165) is 47.7 Å². The Morgan fingerprint density at radius 2 is 1.70 bits per heavy atom. The SMILES string of the molecule is CN1CCN(c2ccc(-c3nc4ccc(Br)cn4n3)cc2)CC1. The van der Waals surface area contributed by atoms with Crippen molar-refractivity contribution in [2.24, 2.45) is 0 Å². The van der Waals surface area contributed by atoms with Crippen LogP contribution in [0, 0.1) is 0 Å². The summed E-state index contributed by atoms with van der Waals surface area (Å²) in [4.78, 5) is 9.38. The van der Waals surface area contributed by atoms with Crippen LogP contribution < -0.4 is 4.90 Å². The number of hydrogen-bond donors (Lipinski definition) is 0. The van der Waals surface area contributed by atoms with E-state index in [-0.39, 0.29) is 0 Å². The van der Waals surface area contributed by atoms with Crippen molar-refractivity contribution in [1.82, 2.24) is 19.5 Å². The van der Waals surface area contributed by atoms with E-state index >= 15 is 0 Å². The fourth-order valence-electron chi connectivity index (χ4n) is 2.87. The highest BCUT2D eigenvalue weighted by Crippen LogP contribution is 2.22. The maximum absolute atomic E-state index is 4.59. The zero-order chi connectivity index (χ0) is 15.8. The maximum atomic E-state index is 4.59. The summed E-state index contributed by atoms with van der Waals surface area (Å²) >= 11 is 3.46.